The van der Waals surface area contributed by atoms with Crippen LogP contribution in [0, 0.1) is 16.0 Å². The van der Waals surface area contributed by atoms with Crippen LogP contribution >= 0.6 is 23.2 Å². The van der Waals surface area contributed by atoms with E-state index in [1.165, 1.54) is 11.1 Å². The number of carbonyl (C=O) groups is 1. The van der Waals surface area contributed by atoms with E-state index < -0.39 is 4.92 Å². The molecule has 1 amide bonds. The number of fused-ring (bicyclic) bond motifs is 1. The average Bonchev–Trinajstić information content (AvgIpc) is 3.63. The highest BCUT2D eigenvalue weighted by Gasteiger charge is 2.44. The second kappa shape index (κ2) is 11.1. The normalized spacial score (nSPS) is 21.4. The molecule has 2 fully saturated rings. The first-order valence-electron chi connectivity index (χ1n) is 13.6. The van der Waals surface area contributed by atoms with Gasteiger partial charge in [0.15, 0.2) is 0 Å². The molecule has 0 N–H and O–H groups in total. The van der Waals surface area contributed by atoms with Gasteiger partial charge in [-0.1, -0.05) is 47.5 Å². The number of nitrogens with zero attached hydrogens (tertiary/aromatic N) is 4. The highest BCUT2D eigenvalue weighted by molar-refractivity contribution is 6.30. The number of benzene rings is 3. The Morgan fingerprint density at radius 1 is 0.950 bits per heavy atom. The first-order valence-corrected chi connectivity index (χ1v) is 14.3. The molecule has 0 spiro atoms. The maximum atomic E-state index is 14.1. The number of hydrogen-bond donors (Lipinski definition) is 0. The van der Waals surface area contributed by atoms with Crippen molar-refractivity contribution in [2.75, 3.05) is 18.0 Å². The molecule has 3 aliphatic rings. The molecule has 1 aliphatic carbocycles. The largest absolute Gasteiger partial charge is 0.366 e. The van der Waals surface area contributed by atoms with Gasteiger partial charge in [-0.05, 0) is 91.3 Å². The van der Waals surface area contributed by atoms with E-state index in [1.54, 1.807) is 12.1 Å². The van der Waals surface area contributed by atoms with E-state index in [4.69, 9.17) is 28.3 Å². The number of hydrazone groups is 1. The number of rotatable bonds is 5. The molecule has 0 bridgehead atoms. The summed E-state index contributed by atoms with van der Waals surface area (Å²) in [5, 5.41) is 19.8. The van der Waals surface area contributed by atoms with E-state index in [0.717, 1.165) is 67.6 Å². The average molecular weight is 575 g/mol. The summed E-state index contributed by atoms with van der Waals surface area (Å²) in [5.41, 5.74) is 4.67. The SMILES string of the molecule is O=C(c1ccc(N2CCCC2)c([N+](=O)[O-])c1)N1N=C2/C(=C\c3ccc(Cl)cc3)CCC[C@@H]2[C@@H]1c1ccc(Cl)cc1. The number of nitro benzene ring substituents is 1. The molecule has 1 saturated heterocycles. The van der Waals surface area contributed by atoms with Gasteiger partial charge in [-0.2, -0.15) is 5.10 Å². The van der Waals surface area contributed by atoms with Gasteiger partial charge in [0.1, 0.15) is 5.69 Å². The Morgan fingerprint density at radius 3 is 2.30 bits per heavy atom. The monoisotopic (exact) mass is 574 g/mol. The lowest BCUT2D eigenvalue weighted by Crippen LogP contribution is -2.32. The van der Waals surface area contributed by atoms with Crippen LogP contribution < -0.4 is 4.90 Å². The fourth-order valence-electron chi connectivity index (χ4n) is 6.08. The first kappa shape index (κ1) is 26.5. The minimum absolute atomic E-state index is 0.00344. The van der Waals surface area contributed by atoms with Crippen LogP contribution in [-0.4, -0.2) is 34.6 Å². The van der Waals surface area contributed by atoms with Crippen molar-refractivity contribution in [2.45, 2.75) is 38.1 Å². The second-order valence-electron chi connectivity index (χ2n) is 10.5. The van der Waals surface area contributed by atoms with Crippen molar-refractivity contribution in [2.24, 2.45) is 11.0 Å². The maximum absolute atomic E-state index is 14.1. The minimum Gasteiger partial charge on any atom is -0.366 e. The van der Waals surface area contributed by atoms with Gasteiger partial charge >= 0.3 is 0 Å². The fourth-order valence-corrected chi connectivity index (χ4v) is 6.33. The van der Waals surface area contributed by atoms with Crippen LogP contribution in [0.1, 0.15) is 59.6 Å². The van der Waals surface area contributed by atoms with Gasteiger partial charge in [0.2, 0.25) is 0 Å². The standard InChI is InChI=1S/C31H28Cl2N4O3/c32-24-11-6-20(7-12-24)18-22-4-3-5-26-29(22)34-36(30(26)21-8-13-25(33)14-9-21)31(38)23-10-15-27(28(19-23)37(39)40)35-16-1-2-17-35/h6-15,18-19,26,30H,1-5,16-17H2/b22-18-/t26-,30-/m0/s1. The van der Waals surface area contributed by atoms with Crippen LogP contribution in [-0.2, 0) is 0 Å². The van der Waals surface area contributed by atoms with Crippen LogP contribution in [0.5, 0.6) is 0 Å². The molecule has 1 saturated carbocycles. The lowest BCUT2D eigenvalue weighted by molar-refractivity contribution is -0.384. The van der Waals surface area contributed by atoms with Crippen molar-refractivity contribution >= 4 is 52.3 Å². The Morgan fingerprint density at radius 2 is 1.62 bits per heavy atom. The Hall–Kier alpha value is -3.68. The highest BCUT2D eigenvalue weighted by Crippen LogP contribution is 2.45. The molecule has 3 aromatic rings. The quantitative estimate of drug-likeness (QED) is 0.229. The fraction of sp³-hybridized carbons (Fsp3) is 0.290. The van der Waals surface area contributed by atoms with E-state index in [9.17, 15) is 14.9 Å². The number of carbonyl (C=O) groups excluding carboxylic acids is 1. The van der Waals surface area contributed by atoms with Gasteiger partial charge < -0.3 is 4.90 Å². The molecule has 7 nitrogen and oxygen atoms in total. The van der Waals surface area contributed by atoms with Gasteiger partial charge in [-0.3, -0.25) is 14.9 Å². The number of halogens is 2. The zero-order valence-corrected chi connectivity index (χ0v) is 23.3. The number of amides is 1. The molecule has 0 aromatic heterocycles. The minimum atomic E-state index is -0.399. The van der Waals surface area contributed by atoms with Crippen LogP contribution in [0.2, 0.25) is 10.0 Å². The van der Waals surface area contributed by atoms with Gasteiger partial charge in [-0.15, -0.1) is 0 Å². The number of nitro groups is 1. The molecule has 9 heteroatoms. The zero-order valence-electron chi connectivity index (χ0n) is 21.8. The number of hydrogen-bond acceptors (Lipinski definition) is 5. The van der Waals surface area contributed by atoms with Gasteiger partial charge in [0, 0.05) is 40.7 Å². The van der Waals surface area contributed by atoms with E-state index in [2.05, 4.69) is 6.08 Å². The van der Waals surface area contributed by atoms with Gasteiger partial charge in [-0.25, -0.2) is 5.01 Å². The maximum Gasteiger partial charge on any atom is 0.293 e. The third kappa shape index (κ3) is 5.11. The molecule has 0 radical (unpaired) electrons. The Balaban J connectivity index is 1.41. The highest BCUT2D eigenvalue weighted by atomic mass is 35.5. The molecular weight excluding hydrogens is 547 g/mol. The molecule has 2 aliphatic heterocycles. The smallest absolute Gasteiger partial charge is 0.293 e. The third-order valence-electron chi connectivity index (χ3n) is 8.00. The lowest BCUT2D eigenvalue weighted by atomic mass is 9.77. The number of allylic oxidation sites excluding steroid dienone is 1. The predicted molar refractivity (Wildman–Crippen MR) is 159 cm³/mol. The van der Waals surface area contributed by atoms with Crippen LogP contribution in [0.4, 0.5) is 11.4 Å². The molecule has 204 valence electrons. The molecule has 3 aromatic carbocycles. The van der Waals surface area contributed by atoms with Crippen LogP contribution in [0.15, 0.2) is 77.4 Å². The Kier molecular flexibility index (Phi) is 7.34. The van der Waals surface area contributed by atoms with E-state index >= 15 is 0 Å². The van der Waals surface area contributed by atoms with Crippen LogP contribution in [0.25, 0.3) is 6.08 Å². The van der Waals surface area contributed by atoms with Crippen molar-refractivity contribution in [3.05, 3.63) is 109 Å². The third-order valence-corrected chi connectivity index (χ3v) is 8.50. The van der Waals surface area contributed by atoms with Crippen molar-refractivity contribution < 1.29 is 9.72 Å². The molecule has 2 heterocycles. The van der Waals surface area contributed by atoms with Gasteiger partial charge in [0.25, 0.3) is 11.6 Å². The number of anilines is 1. The Bertz CT molecular complexity index is 1510. The second-order valence-corrected chi connectivity index (χ2v) is 11.4. The van der Waals surface area contributed by atoms with Crippen molar-refractivity contribution in [3.63, 3.8) is 0 Å². The van der Waals surface area contributed by atoms with E-state index in [0.29, 0.717) is 15.7 Å². The molecule has 40 heavy (non-hydrogen) atoms. The Labute approximate surface area is 242 Å². The molecule has 0 unspecified atom stereocenters. The summed E-state index contributed by atoms with van der Waals surface area (Å²) in [6.45, 7) is 1.55. The van der Waals surface area contributed by atoms with Crippen molar-refractivity contribution in [3.8, 4) is 0 Å². The van der Waals surface area contributed by atoms with Crippen molar-refractivity contribution in [1.29, 1.82) is 0 Å². The van der Waals surface area contributed by atoms with Crippen LogP contribution in [0.3, 0.4) is 0 Å². The predicted octanol–water partition coefficient (Wildman–Crippen LogP) is 7.94. The summed E-state index contributed by atoms with van der Waals surface area (Å²) in [6.07, 6.45) is 6.80. The summed E-state index contributed by atoms with van der Waals surface area (Å²) in [4.78, 5) is 27.7. The van der Waals surface area contributed by atoms with E-state index in [1.807, 2.05) is 53.4 Å². The topological polar surface area (TPSA) is 79.0 Å². The summed E-state index contributed by atoms with van der Waals surface area (Å²) < 4.78 is 0. The van der Waals surface area contributed by atoms with E-state index in [-0.39, 0.29) is 29.1 Å². The molecule has 2 atom stereocenters. The summed E-state index contributed by atoms with van der Waals surface area (Å²) in [7, 11) is 0. The molecular formula is C31H28Cl2N4O3. The summed E-state index contributed by atoms with van der Waals surface area (Å²) in [5.74, 6) is -0.361. The summed E-state index contributed by atoms with van der Waals surface area (Å²) >= 11 is 12.3. The zero-order chi connectivity index (χ0) is 27.8. The lowest BCUT2D eigenvalue weighted by Gasteiger charge is -2.29. The molecule has 6 rings (SSSR count). The van der Waals surface area contributed by atoms with Gasteiger partial charge in [0.05, 0.1) is 16.7 Å². The summed E-state index contributed by atoms with van der Waals surface area (Å²) in [6, 6.07) is 19.6. The van der Waals surface area contributed by atoms with Crippen molar-refractivity contribution in [1.82, 2.24) is 5.01 Å². The first-order chi connectivity index (χ1) is 19.4.